The summed E-state index contributed by atoms with van der Waals surface area (Å²) in [6.45, 7) is 2.48. The highest BCUT2D eigenvalue weighted by Gasteiger charge is 2.28. The maximum atomic E-state index is 12.1. The molecule has 11 nitrogen and oxygen atoms in total. The van der Waals surface area contributed by atoms with Gasteiger partial charge in [0, 0.05) is 12.8 Å². The van der Waals surface area contributed by atoms with E-state index in [1.807, 2.05) is 0 Å². The van der Waals surface area contributed by atoms with Gasteiger partial charge in [-0.05, 0) is 38.5 Å². The Labute approximate surface area is 271 Å². The van der Waals surface area contributed by atoms with Gasteiger partial charge in [0.2, 0.25) is 5.91 Å². The second-order valence-electron chi connectivity index (χ2n) is 11.7. The number of aliphatic carboxylic acids is 1. The molecule has 45 heavy (non-hydrogen) atoms. The van der Waals surface area contributed by atoms with E-state index in [0.29, 0.717) is 12.8 Å². The van der Waals surface area contributed by atoms with Crippen LogP contribution in [-0.4, -0.2) is 64.9 Å². The van der Waals surface area contributed by atoms with Crippen molar-refractivity contribution in [1.82, 2.24) is 5.32 Å². The van der Waals surface area contributed by atoms with Crippen LogP contribution in [0, 0.1) is 0 Å². The number of aliphatic hydroxyl groups is 1. The second-order valence-corrected chi connectivity index (χ2v) is 13.2. The molecule has 3 atom stereocenters. The molecule has 0 aliphatic heterocycles. The summed E-state index contributed by atoms with van der Waals surface area (Å²) in [6.07, 6.45) is 24.1. The Hall–Kier alpha value is -1.78. The van der Waals surface area contributed by atoms with Crippen molar-refractivity contribution in [2.75, 3.05) is 19.8 Å². The minimum atomic E-state index is -4.74. The molecule has 12 heteroatoms. The fourth-order valence-corrected chi connectivity index (χ4v) is 5.32. The molecule has 0 aliphatic rings. The molecule has 1 amide bonds. The maximum absolute atomic E-state index is 12.1. The summed E-state index contributed by atoms with van der Waals surface area (Å²) < 4.78 is 26.6. The van der Waals surface area contributed by atoms with Crippen molar-refractivity contribution >= 4 is 25.7 Å². The van der Waals surface area contributed by atoms with Crippen LogP contribution in [0.4, 0.5) is 0 Å². The highest BCUT2D eigenvalue weighted by molar-refractivity contribution is 7.47. The Morgan fingerprint density at radius 3 is 1.71 bits per heavy atom. The quantitative estimate of drug-likeness (QED) is 0.0247. The van der Waals surface area contributed by atoms with Crippen LogP contribution >= 0.6 is 7.82 Å². The van der Waals surface area contributed by atoms with Crippen LogP contribution < -0.4 is 5.32 Å². The number of phosphoric acid groups is 1. The summed E-state index contributed by atoms with van der Waals surface area (Å²) in [7, 11) is -4.74. The number of carbonyl (C=O) groups is 3. The molecule has 0 fully saturated rings. The molecule has 0 heterocycles. The van der Waals surface area contributed by atoms with Crippen LogP contribution in [0.3, 0.4) is 0 Å². The van der Waals surface area contributed by atoms with Crippen LogP contribution in [-0.2, 0) is 32.7 Å². The Bertz CT molecular complexity index is 838. The summed E-state index contributed by atoms with van der Waals surface area (Å²) >= 11 is 0. The van der Waals surface area contributed by atoms with Gasteiger partial charge in [-0.2, -0.15) is 0 Å². The molecule has 4 N–H and O–H groups in total. The van der Waals surface area contributed by atoms with E-state index in [4.69, 9.17) is 13.8 Å². The van der Waals surface area contributed by atoms with E-state index in [0.717, 1.165) is 57.8 Å². The first-order chi connectivity index (χ1) is 21.6. The fraction of sp³-hybridized carbons (Fsp3) is 0.848. The molecule has 0 saturated carbocycles. The summed E-state index contributed by atoms with van der Waals surface area (Å²) in [5, 5.41) is 21.6. The molecular weight excluding hydrogens is 601 g/mol. The summed E-state index contributed by atoms with van der Waals surface area (Å²) in [5.41, 5.74) is 0. The van der Waals surface area contributed by atoms with E-state index in [-0.39, 0.29) is 12.8 Å². The number of phosphoric ester groups is 1. The Morgan fingerprint density at radius 2 is 1.16 bits per heavy atom. The predicted octanol–water partition coefficient (Wildman–Crippen LogP) is 7.38. The number of aliphatic hydroxyl groups excluding tert-OH is 1. The zero-order chi connectivity index (χ0) is 33.6. The van der Waals surface area contributed by atoms with Gasteiger partial charge in [0.25, 0.3) is 0 Å². The van der Waals surface area contributed by atoms with E-state index in [9.17, 15) is 34.1 Å². The lowest BCUT2D eigenvalue weighted by atomic mass is 10.1. The molecule has 0 aromatic heterocycles. The van der Waals surface area contributed by atoms with Gasteiger partial charge in [-0.3, -0.25) is 18.6 Å². The number of hydrogen-bond donors (Lipinski definition) is 4. The number of hydrogen-bond acceptors (Lipinski definition) is 8. The van der Waals surface area contributed by atoms with Crippen LogP contribution in [0.1, 0.15) is 149 Å². The molecule has 0 spiro atoms. The first-order valence-corrected chi connectivity index (χ1v) is 18.7. The van der Waals surface area contributed by atoms with Crippen LogP contribution in [0.25, 0.3) is 0 Å². The SMILES string of the molecule is CCCCCC/C=C\CCCCCCCC(=O)OCC(O)COP(=O)(O)OCC(NC(=O)CCCCCCCCCC)C(=O)O. The van der Waals surface area contributed by atoms with Gasteiger partial charge in [0.15, 0.2) is 6.04 Å². The molecule has 0 aromatic carbocycles. The third-order valence-electron chi connectivity index (χ3n) is 7.30. The minimum Gasteiger partial charge on any atom is -0.480 e. The number of ether oxygens (including phenoxy) is 1. The highest BCUT2D eigenvalue weighted by Crippen LogP contribution is 2.43. The molecule has 0 aromatic rings. The van der Waals surface area contributed by atoms with Crippen molar-refractivity contribution < 1.29 is 47.8 Å². The third-order valence-corrected chi connectivity index (χ3v) is 8.26. The summed E-state index contributed by atoms with van der Waals surface area (Å²) in [5.74, 6) is -2.39. The zero-order valence-corrected chi connectivity index (χ0v) is 28.8. The van der Waals surface area contributed by atoms with Gasteiger partial charge in [-0.25, -0.2) is 9.36 Å². The molecule has 3 unspecified atom stereocenters. The van der Waals surface area contributed by atoms with Crippen molar-refractivity contribution in [3.05, 3.63) is 12.2 Å². The van der Waals surface area contributed by atoms with Crippen molar-refractivity contribution in [3.8, 4) is 0 Å². The standard InChI is InChI=1S/C33H62NO10P/c1-3-5-7-9-11-13-14-15-16-17-19-21-23-25-32(37)42-26-29(35)27-43-45(40,41)44-28-30(33(38)39)34-31(36)24-22-20-18-12-10-8-6-4-2/h13-14,29-30,35H,3-12,15-28H2,1-2H3,(H,34,36)(H,38,39)(H,40,41)/b14-13-. The fourth-order valence-electron chi connectivity index (χ4n) is 4.54. The average molecular weight is 664 g/mol. The average Bonchev–Trinajstić information content (AvgIpc) is 3.00. The van der Waals surface area contributed by atoms with Gasteiger partial charge in [-0.15, -0.1) is 0 Å². The Morgan fingerprint density at radius 1 is 0.689 bits per heavy atom. The maximum Gasteiger partial charge on any atom is 0.472 e. The van der Waals surface area contributed by atoms with Crippen molar-refractivity contribution in [2.45, 2.75) is 161 Å². The zero-order valence-electron chi connectivity index (χ0n) is 27.9. The van der Waals surface area contributed by atoms with Crippen LogP contribution in [0.5, 0.6) is 0 Å². The lowest BCUT2D eigenvalue weighted by Crippen LogP contribution is -2.43. The number of unbranched alkanes of at least 4 members (excludes halogenated alkanes) is 16. The van der Waals surface area contributed by atoms with Gasteiger partial charge < -0.3 is 25.2 Å². The molecule has 264 valence electrons. The predicted molar refractivity (Wildman–Crippen MR) is 176 cm³/mol. The lowest BCUT2D eigenvalue weighted by molar-refractivity contribution is -0.147. The van der Waals surface area contributed by atoms with Crippen LogP contribution in [0.15, 0.2) is 12.2 Å². The largest absolute Gasteiger partial charge is 0.480 e. The smallest absolute Gasteiger partial charge is 0.472 e. The molecular formula is C33H62NO10P. The van der Waals surface area contributed by atoms with E-state index in [2.05, 4.69) is 31.3 Å². The number of rotatable bonds is 32. The number of carboxylic acids is 1. The number of nitrogens with one attached hydrogen (secondary N) is 1. The first kappa shape index (κ1) is 43.2. The van der Waals surface area contributed by atoms with E-state index in [1.165, 1.54) is 51.4 Å². The lowest BCUT2D eigenvalue weighted by Gasteiger charge is -2.18. The number of amides is 1. The van der Waals surface area contributed by atoms with Gasteiger partial charge in [-0.1, -0.05) is 109 Å². The monoisotopic (exact) mass is 663 g/mol. The van der Waals surface area contributed by atoms with Gasteiger partial charge >= 0.3 is 19.8 Å². The van der Waals surface area contributed by atoms with Crippen LogP contribution in [0.2, 0.25) is 0 Å². The van der Waals surface area contributed by atoms with Crippen molar-refractivity contribution in [1.29, 1.82) is 0 Å². The first-order valence-electron chi connectivity index (χ1n) is 17.2. The van der Waals surface area contributed by atoms with Gasteiger partial charge in [0.05, 0.1) is 13.2 Å². The Balaban J connectivity index is 4.00. The number of esters is 1. The Kier molecular flexibility index (Phi) is 28.4. The molecule has 0 radical (unpaired) electrons. The van der Waals surface area contributed by atoms with E-state index >= 15 is 0 Å². The second kappa shape index (κ2) is 29.6. The van der Waals surface area contributed by atoms with Crippen molar-refractivity contribution in [3.63, 3.8) is 0 Å². The topological polar surface area (TPSA) is 169 Å². The normalized spacial score (nSPS) is 14.2. The van der Waals surface area contributed by atoms with E-state index < -0.39 is 57.6 Å². The molecule has 0 bridgehead atoms. The number of carbonyl (C=O) groups excluding carboxylic acids is 2. The molecule has 0 rings (SSSR count). The third kappa shape index (κ3) is 29.4. The van der Waals surface area contributed by atoms with E-state index in [1.54, 1.807) is 0 Å². The number of carboxylic acid groups (broad SMARTS) is 1. The minimum absolute atomic E-state index is 0.147. The van der Waals surface area contributed by atoms with Gasteiger partial charge in [0.1, 0.15) is 12.7 Å². The summed E-state index contributed by atoms with van der Waals surface area (Å²) in [6, 6.07) is -1.54. The summed E-state index contributed by atoms with van der Waals surface area (Å²) in [4.78, 5) is 45.4. The molecule has 0 saturated heterocycles. The number of allylic oxidation sites excluding steroid dienone is 2. The molecule has 0 aliphatic carbocycles. The highest BCUT2D eigenvalue weighted by atomic mass is 31.2. The van der Waals surface area contributed by atoms with Crippen molar-refractivity contribution in [2.24, 2.45) is 0 Å².